The van der Waals surface area contributed by atoms with Gasteiger partial charge in [0.25, 0.3) is 5.91 Å². The molecule has 0 saturated heterocycles. The number of aromatic nitrogens is 4. The largest absolute Gasteiger partial charge is 0.484 e. The van der Waals surface area contributed by atoms with E-state index in [0.717, 1.165) is 17.1 Å². The minimum atomic E-state index is -0.342. The number of amides is 1. The zero-order chi connectivity index (χ0) is 20.5. The van der Waals surface area contributed by atoms with Crippen LogP contribution in [0.25, 0.3) is 0 Å². The normalized spacial score (nSPS) is 11.2. The lowest BCUT2D eigenvalue weighted by atomic mass is 10.3. The van der Waals surface area contributed by atoms with E-state index in [9.17, 15) is 4.79 Å². The molecule has 1 aromatic carbocycles. The van der Waals surface area contributed by atoms with Crippen LogP contribution in [-0.4, -0.2) is 45.0 Å². The van der Waals surface area contributed by atoms with Gasteiger partial charge in [-0.05, 0) is 32.0 Å². The van der Waals surface area contributed by atoms with Gasteiger partial charge in [0.05, 0.1) is 6.33 Å². The number of nitrogens with zero attached hydrogens (tertiary/aromatic N) is 4. The van der Waals surface area contributed by atoms with Crippen LogP contribution in [0.15, 0.2) is 53.9 Å². The summed E-state index contributed by atoms with van der Waals surface area (Å²) in [6, 6.07) is 11.0. The molecule has 2 heterocycles. The number of H-pyrrole nitrogens is 1. The predicted octanol–water partition coefficient (Wildman–Crippen LogP) is 2.02. The van der Waals surface area contributed by atoms with Crippen molar-refractivity contribution in [1.29, 1.82) is 0 Å². The second-order valence-electron chi connectivity index (χ2n) is 6.31. The van der Waals surface area contributed by atoms with Gasteiger partial charge < -0.3 is 9.72 Å². The summed E-state index contributed by atoms with van der Waals surface area (Å²) in [5.74, 6) is 0.903. The van der Waals surface area contributed by atoms with Crippen molar-refractivity contribution in [2.24, 2.45) is 4.99 Å². The summed E-state index contributed by atoms with van der Waals surface area (Å²) in [6.45, 7) is 4.05. The van der Waals surface area contributed by atoms with Gasteiger partial charge in [0.2, 0.25) is 11.9 Å². The van der Waals surface area contributed by atoms with E-state index in [0.29, 0.717) is 24.7 Å². The van der Waals surface area contributed by atoms with Gasteiger partial charge in [-0.25, -0.2) is 15.0 Å². The van der Waals surface area contributed by atoms with Gasteiger partial charge in [0.15, 0.2) is 6.61 Å². The molecule has 0 radical (unpaired) electrons. The first kappa shape index (κ1) is 20.0. The number of para-hydroxylation sites is 1. The molecular weight excluding hydrogens is 370 g/mol. The minimum absolute atomic E-state index is 0.140. The van der Waals surface area contributed by atoms with Crippen molar-refractivity contribution in [2.45, 2.75) is 20.3 Å². The molecule has 1 amide bonds. The fraction of sp³-hybridized carbons (Fsp3) is 0.250. The fourth-order valence-electron chi connectivity index (χ4n) is 2.54. The van der Waals surface area contributed by atoms with E-state index in [-0.39, 0.29) is 18.5 Å². The monoisotopic (exact) mass is 393 g/mol. The Hall–Kier alpha value is -3.75. The molecule has 150 valence electrons. The number of aromatic amines is 1. The molecule has 3 N–H and O–H groups in total. The third-order valence-corrected chi connectivity index (χ3v) is 3.79. The molecule has 0 aliphatic rings. The minimum Gasteiger partial charge on any atom is -0.484 e. The summed E-state index contributed by atoms with van der Waals surface area (Å²) in [4.78, 5) is 32.4. The van der Waals surface area contributed by atoms with Crippen molar-refractivity contribution in [1.82, 2.24) is 25.3 Å². The van der Waals surface area contributed by atoms with E-state index >= 15 is 0 Å². The summed E-state index contributed by atoms with van der Waals surface area (Å²) in [6.07, 6.45) is 4.00. The fourth-order valence-corrected chi connectivity index (χ4v) is 2.54. The molecule has 0 fully saturated rings. The van der Waals surface area contributed by atoms with Crippen LogP contribution >= 0.6 is 0 Å². The smallest absolute Gasteiger partial charge is 0.264 e. The first-order valence-electron chi connectivity index (χ1n) is 9.17. The van der Waals surface area contributed by atoms with Crippen LogP contribution in [0.2, 0.25) is 0 Å². The van der Waals surface area contributed by atoms with Crippen LogP contribution in [0.4, 0.5) is 5.95 Å². The molecule has 0 atom stereocenters. The van der Waals surface area contributed by atoms with Crippen LogP contribution in [0.5, 0.6) is 5.75 Å². The molecular formula is C20H23N7O2. The summed E-state index contributed by atoms with van der Waals surface area (Å²) < 4.78 is 5.48. The third-order valence-electron chi connectivity index (χ3n) is 3.79. The summed E-state index contributed by atoms with van der Waals surface area (Å²) in [5, 5.41) is 5.71. The molecule has 0 aliphatic carbocycles. The number of guanidine groups is 1. The van der Waals surface area contributed by atoms with Crippen molar-refractivity contribution in [2.75, 3.05) is 18.5 Å². The average molecular weight is 393 g/mol. The molecule has 9 heteroatoms. The maximum atomic E-state index is 12.3. The highest BCUT2D eigenvalue weighted by atomic mass is 16.5. The first-order chi connectivity index (χ1) is 14.1. The van der Waals surface area contributed by atoms with E-state index in [1.54, 1.807) is 24.7 Å². The maximum absolute atomic E-state index is 12.3. The molecule has 2 aromatic heterocycles. The Morgan fingerprint density at radius 1 is 1.17 bits per heavy atom. The van der Waals surface area contributed by atoms with Crippen molar-refractivity contribution in [3.63, 3.8) is 0 Å². The summed E-state index contributed by atoms with van der Waals surface area (Å²) >= 11 is 0. The molecule has 0 spiro atoms. The van der Waals surface area contributed by atoms with Gasteiger partial charge in [0, 0.05) is 36.2 Å². The Kier molecular flexibility index (Phi) is 6.88. The highest BCUT2D eigenvalue weighted by Crippen LogP contribution is 2.08. The second-order valence-corrected chi connectivity index (χ2v) is 6.31. The molecule has 0 saturated carbocycles. The molecule has 29 heavy (non-hydrogen) atoms. The van der Waals surface area contributed by atoms with Crippen LogP contribution in [-0.2, 0) is 11.2 Å². The highest BCUT2D eigenvalue weighted by Gasteiger charge is 2.10. The van der Waals surface area contributed by atoms with Crippen molar-refractivity contribution in [3.05, 3.63) is 66.0 Å². The van der Waals surface area contributed by atoms with Crippen LogP contribution in [0.3, 0.4) is 0 Å². The Morgan fingerprint density at radius 2 is 1.93 bits per heavy atom. The molecule has 0 unspecified atom stereocenters. The molecule has 3 rings (SSSR count). The second kappa shape index (κ2) is 9.98. The Bertz CT molecular complexity index is 936. The number of imidazole rings is 1. The average Bonchev–Trinajstić information content (AvgIpc) is 3.20. The van der Waals surface area contributed by atoms with E-state index in [2.05, 4.69) is 35.6 Å². The molecule has 0 aliphatic heterocycles. The SMILES string of the molecule is Cc1cc(C)nc(NC(=NCCc2cnc[nH]2)NC(=O)COc2ccccc2)n1. The van der Waals surface area contributed by atoms with E-state index < -0.39 is 0 Å². The molecule has 0 bridgehead atoms. The van der Waals surface area contributed by atoms with E-state index in [1.807, 2.05) is 38.1 Å². The van der Waals surface area contributed by atoms with Crippen LogP contribution in [0, 0.1) is 13.8 Å². The number of rotatable bonds is 7. The van der Waals surface area contributed by atoms with Gasteiger partial charge in [0.1, 0.15) is 5.75 Å². The zero-order valence-corrected chi connectivity index (χ0v) is 16.3. The Labute approximate surface area is 168 Å². The van der Waals surface area contributed by atoms with Crippen LogP contribution in [0.1, 0.15) is 17.1 Å². The number of carbonyl (C=O) groups is 1. The van der Waals surface area contributed by atoms with Gasteiger partial charge in [-0.1, -0.05) is 18.2 Å². The first-order valence-corrected chi connectivity index (χ1v) is 9.17. The molecule has 9 nitrogen and oxygen atoms in total. The quantitative estimate of drug-likeness (QED) is 0.418. The lowest BCUT2D eigenvalue weighted by Gasteiger charge is -2.12. The van der Waals surface area contributed by atoms with Crippen LogP contribution < -0.4 is 15.4 Å². The van der Waals surface area contributed by atoms with Gasteiger partial charge >= 0.3 is 0 Å². The topological polar surface area (TPSA) is 117 Å². The van der Waals surface area contributed by atoms with E-state index in [4.69, 9.17) is 4.74 Å². The van der Waals surface area contributed by atoms with Crippen molar-refractivity contribution < 1.29 is 9.53 Å². The number of anilines is 1. The lowest BCUT2D eigenvalue weighted by Crippen LogP contribution is -2.39. The van der Waals surface area contributed by atoms with Crippen molar-refractivity contribution >= 4 is 17.8 Å². The number of benzene rings is 1. The number of aliphatic imine (C=N–C) groups is 1. The van der Waals surface area contributed by atoms with Crippen molar-refractivity contribution in [3.8, 4) is 5.75 Å². The number of aryl methyl sites for hydroxylation is 2. The number of ether oxygens (including phenoxy) is 1. The number of hydrogen-bond donors (Lipinski definition) is 3. The number of carbonyl (C=O) groups excluding carboxylic acids is 1. The summed E-state index contributed by atoms with van der Waals surface area (Å²) in [5.41, 5.74) is 2.58. The lowest BCUT2D eigenvalue weighted by molar-refractivity contribution is -0.121. The maximum Gasteiger partial charge on any atom is 0.264 e. The molecule has 3 aromatic rings. The Balaban J connectivity index is 1.64. The zero-order valence-electron chi connectivity index (χ0n) is 16.3. The van der Waals surface area contributed by atoms with Gasteiger partial charge in [-0.2, -0.15) is 0 Å². The highest BCUT2D eigenvalue weighted by molar-refractivity contribution is 6.03. The van der Waals surface area contributed by atoms with E-state index in [1.165, 1.54) is 0 Å². The number of hydrogen-bond acceptors (Lipinski definition) is 6. The van der Waals surface area contributed by atoms with Gasteiger partial charge in [-0.3, -0.25) is 20.4 Å². The Morgan fingerprint density at radius 3 is 2.62 bits per heavy atom. The predicted molar refractivity (Wildman–Crippen MR) is 110 cm³/mol. The number of nitrogens with one attached hydrogen (secondary N) is 3. The van der Waals surface area contributed by atoms with Gasteiger partial charge in [-0.15, -0.1) is 0 Å². The third kappa shape index (κ3) is 6.73. The summed E-state index contributed by atoms with van der Waals surface area (Å²) in [7, 11) is 0. The standard InChI is InChI=1S/C20H23N7O2/c1-14-10-15(2)25-20(24-14)27-19(22-9-8-16-11-21-13-23-16)26-18(28)12-29-17-6-4-3-5-7-17/h3-7,10-11,13H,8-9,12H2,1-2H3,(H,21,23)(H2,22,24,25,26,27,28).